The first-order valence-electron chi connectivity index (χ1n) is 13.5. The van der Waals surface area contributed by atoms with Crippen LogP contribution in [-0.2, 0) is 14.3 Å². The number of hydrogen-bond acceptors (Lipinski definition) is 6. The van der Waals surface area contributed by atoms with Gasteiger partial charge < -0.3 is 4.74 Å². The summed E-state index contributed by atoms with van der Waals surface area (Å²) in [5.41, 5.74) is 2.41. The zero-order valence-electron chi connectivity index (χ0n) is 22.7. The van der Waals surface area contributed by atoms with Gasteiger partial charge in [-0.25, -0.2) is 9.78 Å². The Kier molecular flexibility index (Phi) is 7.81. The predicted molar refractivity (Wildman–Crippen MR) is 166 cm³/mol. The second-order valence-electron chi connectivity index (χ2n) is 10.6. The zero-order valence-corrected chi connectivity index (χ0v) is 25.0. The van der Waals surface area contributed by atoms with Crippen molar-refractivity contribution in [2.75, 3.05) is 11.5 Å². The van der Waals surface area contributed by atoms with Crippen LogP contribution in [0.4, 0.5) is 5.69 Å². The Morgan fingerprint density at radius 3 is 2.35 bits per heavy atom. The molecular formula is C33H23Cl3N2O5. The molecule has 216 valence electrons. The minimum Gasteiger partial charge on any atom is -0.454 e. The summed E-state index contributed by atoms with van der Waals surface area (Å²) in [5, 5.41) is 1.38. The molecule has 3 atom stereocenters. The van der Waals surface area contributed by atoms with E-state index in [1.807, 2.05) is 19.1 Å². The highest BCUT2D eigenvalue weighted by Gasteiger charge is 2.50. The fourth-order valence-electron chi connectivity index (χ4n) is 5.70. The zero-order chi connectivity index (χ0) is 30.4. The lowest BCUT2D eigenvalue weighted by Gasteiger charge is -2.22. The van der Waals surface area contributed by atoms with Crippen molar-refractivity contribution >= 4 is 75.0 Å². The van der Waals surface area contributed by atoms with Gasteiger partial charge in [-0.2, -0.15) is 0 Å². The average Bonchev–Trinajstić information content (AvgIpc) is 3.25. The average molecular weight is 634 g/mol. The van der Waals surface area contributed by atoms with Crippen LogP contribution in [0.3, 0.4) is 0 Å². The van der Waals surface area contributed by atoms with Crippen molar-refractivity contribution in [3.63, 3.8) is 0 Å². The van der Waals surface area contributed by atoms with Crippen LogP contribution in [0.15, 0.2) is 78.9 Å². The Morgan fingerprint density at radius 1 is 0.907 bits per heavy atom. The summed E-state index contributed by atoms with van der Waals surface area (Å²) in [5.74, 6) is -2.34. The molecule has 1 saturated heterocycles. The Morgan fingerprint density at radius 2 is 1.63 bits per heavy atom. The summed E-state index contributed by atoms with van der Waals surface area (Å²) in [4.78, 5) is 58.3. The van der Waals surface area contributed by atoms with Crippen LogP contribution in [0.1, 0.15) is 34.1 Å². The van der Waals surface area contributed by atoms with Gasteiger partial charge in [0.1, 0.15) is 0 Å². The monoisotopic (exact) mass is 632 g/mol. The number of ketones is 1. The molecular weight excluding hydrogens is 611 g/mol. The number of aromatic nitrogens is 1. The number of fused-ring (bicyclic) bond motifs is 2. The highest BCUT2D eigenvalue weighted by atomic mass is 35.5. The minimum atomic E-state index is -0.746. The Balaban J connectivity index is 1.28. The molecule has 1 fully saturated rings. The molecule has 10 heteroatoms. The third-order valence-electron chi connectivity index (χ3n) is 7.85. The molecule has 6 rings (SSSR count). The predicted octanol–water partition coefficient (Wildman–Crippen LogP) is 7.60. The van der Waals surface area contributed by atoms with Crippen molar-refractivity contribution in [3.8, 4) is 11.3 Å². The topological polar surface area (TPSA) is 93.6 Å². The van der Waals surface area contributed by atoms with Gasteiger partial charge >= 0.3 is 5.97 Å². The van der Waals surface area contributed by atoms with Crippen LogP contribution in [0.5, 0.6) is 0 Å². The number of carbonyl (C=O) groups excluding carboxylic acids is 4. The maximum atomic E-state index is 13.3. The molecule has 0 N–H and O–H groups in total. The van der Waals surface area contributed by atoms with E-state index < -0.39 is 18.4 Å². The molecule has 3 unspecified atom stereocenters. The van der Waals surface area contributed by atoms with Crippen LogP contribution in [0.2, 0.25) is 15.1 Å². The first kappa shape index (κ1) is 29.1. The summed E-state index contributed by atoms with van der Waals surface area (Å²) in [6, 6.07) is 17.8. The van der Waals surface area contributed by atoms with Crippen molar-refractivity contribution in [2.45, 2.75) is 13.3 Å². The fraction of sp³-hybridized carbons (Fsp3) is 0.182. The number of halogens is 3. The smallest absolute Gasteiger partial charge is 0.339 e. The van der Waals surface area contributed by atoms with Gasteiger partial charge in [-0.1, -0.05) is 66.0 Å². The van der Waals surface area contributed by atoms with E-state index in [2.05, 4.69) is 0 Å². The van der Waals surface area contributed by atoms with Gasteiger partial charge in [0.25, 0.3) is 0 Å². The van der Waals surface area contributed by atoms with Crippen LogP contribution < -0.4 is 4.90 Å². The lowest BCUT2D eigenvalue weighted by molar-refractivity contribution is -0.122. The second kappa shape index (κ2) is 11.6. The number of imide groups is 1. The highest BCUT2D eigenvalue weighted by Crippen LogP contribution is 2.41. The Labute approximate surface area is 262 Å². The number of hydrogen-bond donors (Lipinski definition) is 0. The lowest BCUT2D eigenvalue weighted by Crippen LogP contribution is -2.31. The molecule has 0 bridgehead atoms. The number of allylic oxidation sites excluding steroid dienone is 2. The van der Waals surface area contributed by atoms with Gasteiger partial charge in [0.2, 0.25) is 17.6 Å². The lowest BCUT2D eigenvalue weighted by atomic mass is 9.78. The first-order chi connectivity index (χ1) is 20.6. The number of carbonyl (C=O) groups is 4. The molecule has 2 amide bonds. The van der Waals surface area contributed by atoms with Crippen molar-refractivity contribution in [1.29, 1.82) is 0 Å². The standard InChI is InChI=1S/C33H23Cl3N2O5/c1-17-3-2-4-23-30(17)32(41)38(31(23)40)21-9-5-18(6-10-21)28-15-25(24-13-19(34)8-12-27(24)37-28)33(42)43-16-29(39)22-11-7-20(35)14-26(22)36/h2-3,5-15,17,23,30H,4,16H2,1H3. The van der Waals surface area contributed by atoms with Crippen molar-refractivity contribution in [1.82, 2.24) is 4.98 Å². The number of nitrogens with zero attached hydrogens (tertiary/aromatic N) is 2. The Bertz CT molecular complexity index is 1850. The van der Waals surface area contributed by atoms with E-state index in [9.17, 15) is 19.2 Å². The molecule has 2 aliphatic rings. The highest BCUT2D eigenvalue weighted by molar-refractivity contribution is 6.37. The Hall–Kier alpha value is -4.04. The van der Waals surface area contributed by atoms with E-state index in [1.165, 1.54) is 23.1 Å². The molecule has 1 aliphatic carbocycles. The molecule has 0 saturated carbocycles. The van der Waals surface area contributed by atoms with E-state index in [-0.39, 0.29) is 45.7 Å². The third-order valence-corrected chi connectivity index (χ3v) is 8.63. The van der Waals surface area contributed by atoms with Crippen LogP contribution >= 0.6 is 34.8 Å². The molecule has 2 heterocycles. The number of amides is 2. The number of esters is 1. The van der Waals surface area contributed by atoms with E-state index in [0.717, 1.165) is 0 Å². The summed E-state index contributed by atoms with van der Waals surface area (Å²) in [6.45, 7) is 1.41. The number of Topliss-reactive ketones (excluding diaryl/α,β-unsaturated/α-hetero) is 1. The van der Waals surface area contributed by atoms with Gasteiger partial charge in [0.05, 0.1) is 39.3 Å². The normalized spacial score (nSPS) is 19.5. The van der Waals surface area contributed by atoms with E-state index >= 15 is 0 Å². The molecule has 1 aromatic heterocycles. The van der Waals surface area contributed by atoms with Crippen LogP contribution in [0.25, 0.3) is 22.2 Å². The summed E-state index contributed by atoms with van der Waals surface area (Å²) in [6.07, 6.45) is 4.51. The summed E-state index contributed by atoms with van der Waals surface area (Å²) < 4.78 is 5.40. The molecule has 43 heavy (non-hydrogen) atoms. The fourth-order valence-corrected chi connectivity index (χ4v) is 6.39. The van der Waals surface area contributed by atoms with Gasteiger partial charge in [-0.3, -0.25) is 19.3 Å². The number of benzene rings is 3. The first-order valence-corrected chi connectivity index (χ1v) is 14.7. The van der Waals surface area contributed by atoms with Gasteiger partial charge in [0, 0.05) is 26.6 Å². The quantitative estimate of drug-likeness (QED) is 0.0939. The van der Waals surface area contributed by atoms with Crippen molar-refractivity contribution in [3.05, 3.63) is 105 Å². The maximum absolute atomic E-state index is 13.3. The summed E-state index contributed by atoms with van der Waals surface area (Å²) >= 11 is 18.3. The van der Waals surface area contributed by atoms with Crippen LogP contribution in [0, 0.1) is 17.8 Å². The van der Waals surface area contributed by atoms with Gasteiger partial charge in [-0.15, -0.1) is 0 Å². The molecule has 1 aliphatic heterocycles. The van der Waals surface area contributed by atoms with Gasteiger partial charge in [-0.05, 0) is 66.9 Å². The molecule has 4 aromatic rings. The molecule has 0 spiro atoms. The van der Waals surface area contributed by atoms with Crippen LogP contribution in [-0.4, -0.2) is 35.2 Å². The number of ether oxygens (including phenoxy) is 1. The SMILES string of the molecule is CC1C=CCC2C(=O)N(c3ccc(-c4cc(C(=O)OCC(=O)c5ccc(Cl)cc5Cl)c5cc(Cl)ccc5n4)cc3)C(=O)C12. The second-order valence-corrected chi connectivity index (χ2v) is 11.8. The molecule has 7 nitrogen and oxygen atoms in total. The third kappa shape index (κ3) is 5.44. The maximum Gasteiger partial charge on any atom is 0.339 e. The molecule has 3 aromatic carbocycles. The van der Waals surface area contributed by atoms with E-state index in [1.54, 1.807) is 48.5 Å². The largest absolute Gasteiger partial charge is 0.454 e. The van der Waals surface area contributed by atoms with Crippen molar-refractivity contribution in [2.24, 2.45) is 17.8 Å². The minimum absolute atomic E-state index is 0.00794. The van der Waals surface area contributed by atoms with Gasteiger partial charge in [0.15, 0.2) is 6.61 Å². The van der Waals surface area contributed by atoms with Crippen molar-refractivity contribution < 1.29 is 23.9 Å². The number of pyridine rings is 1. The summed E-state index contributed by atoms with van der Waals surface area (Å²) in [7, 11) is 0. The van der Waals surface area contributed by atoms with E-state index in [0.29, 0.717) is 44.3 Å². The number of anilines is 1. The molecule has 0 radical (unpaired) electrons. The number of rotatable bonds is 6. The van der Waals surface area contributed by atoms with E-state index in [4.69, 9.17) is 44.5 Å².